The predicted molar refractivity (Wildman–Crippen MR) is 110 cm³/mol. The van der Waals surface area contributed by atoms with Crippen LogP contribution in [0.25, 0.3) is 11.3 Å². The molecule has 29 heavy (non-hydrogen) atoms. The molecule has 1 saturated carbocycles. The zero-order chi connectivity index (χ0) is 20.4. The predicted octanol–water partition coefficient (Wildman–Crippen LogP) is 3.61. The van der Waals surface area contributed by atoms with Gasteiger partial charge in [-0.2, -0.15) is 0 Å². The number of hydrogen-bond donors (Lipinski definition) is 1. The van der Waals surface area contributed by atoms with Gasteiger partial charge in [0.15, 0.2) is 0 Å². The largest absolute Gasteiger partial charge is 0.478 e. The molecule has 0 spiro atoms. The highest BCUT2D eigenvalue weighted by Crippen LogP contribution is 2.33. The van der Waals surface area contributed by atoms with Gasteiger partial charge in [-0.25, -0.2) is 18.4 Å². The Bertz CT molecular complexity index is 1130. The molecule has 0 unspecified atom stereocenters. The third-order valence-electron chi connectivity index (χ3n) is 4.79. The molecule has 0 atom stereocenters. The van der Waals surface area contributed by atoms with E-state index >= 15 is 0 Å². The lowest BCUT2D eigenvalue weighted by Crippen LogP contribution is -2.16. The van der Waals surface area contributed by atoms with Crippen LogP contribution in [0.1, 0.15) is 24.1 Å². The number of aromatic nitrogens is 3. The molecule has 1 aliphatic carbocycles. The number of rotatable bonds is 7. The van der Waals surface area contributed by atoms with Crippen molar-refractivity contribution >= 4 is 15.8 Å². The van der Waals surface area contributed by atoms with Gasteiger partial charge in [0.2, 0.25) is 5.82 Å². The Labute approximate surface area is 170 Å². The molecule has 2 aromatic heterocycles. The lowest BCUT2D eigenvalue weighted by molar-refractivity contribution is 0.397. The molecule has 8 heteroatoms. The van der Waals surface area contributed by atoms with E-state index in [1.807, 2.05) is 24.3 Å². The van der Waals surface area contributed by atoms with Crippen LogP contribution in [0.15, 0.2) is 53.7 Å². The highest BCUT2D eigenvalue weighted by Gasteiger charge is 2.24. The van der Waals surface area contributed by atoms with Gasteiger partial charge in [-0.3, -0.25) is 9.71 Å². The Hall–Kier alpha value is -3.00. The Morgan fingerprint density at radius 2 is 1.90 bits per heavy atom. The maximum absolute atomic E-state index is 13.1. The van der Waals surface area contributed by atoms with Crippen LogP contribution >= 0.6 is 0 Å². The number of methoxy groups -OCH3 is 1. The molecule has 7 nitrogen and oxygen atoms in total. The van der Waals surface area contributed by atoms with Crippen molar-refractivity contribution < 1.29 is 13.2 Å². The molecule has 1 fully saturated rings. The van der Waals surface area contributed by atoms with E-state index in [1.165, 1.54) is 37.8 Å². The van der Waals surface area contributed by atoms with Crippen LogP contribution < -0.4 is 9.46 Å². The molecule has 1 N–H and O–H groups in total. The summed E-state index contributed by atoms with van der Waals surface area (Å²) in [4.78, 5) is 12.7. The third-order valence-corrected chi connectivity index (χ3v) is 6.16. The molecule has 0 amide bonds. The number of ether oxygens (including phenoxy) is 1. The van der Waals surface area contributed by atoms with E-state index in [-0.39, 0.29) is 16.6 Å². The van der Waals surface area contributed by atoms with Crippen molar-refractivity contribution in [1.82, 2.24) is 15.0 Å². The number of aryl methyl sites for hydroxylation is 1. The van der Waals surface area contributed by atoms with Crippen molar-refractivity contribution in [3.05, 3.63) is 60.0 Å². The molecule has 0 radical (unpaired) electrons. The van der Waals surface area contributed by atoms with E-state index in [0.29, 0.717) is 11.4 Å². The molecule has 0 saturated heterocycles. The summed E-state index contributed by atoms with van der Waals surface area (Å²) in [5.41, 5.74) is 3.01. The summed E-state index contributed by atoms with van der Waals surface area (Å²) < 4.78 is 33.8. The van der Waals surface area contributed by atoms with Crippen LogP contribution in [0.3, 0.4) is 0 Å². The SMILES string of the molecule is COc1nc(C)cnc1NS(=O)(=O)c1cccnc1-c1ccc(CC2CC2)cc1. The van der Waals surface area contributed by atoms with Crippen molar-refractivity contribution in [2.45, 2.75) is 31.1 Å². The fourth-order valence-electron chi connectivity index (χ4n) is 3.13. The molecule has 0 bridgehead atoms. The molecule has 4 rings (SSSR count). The first-order valence-electron chi connectivity index (χ1n) is 9.41. The molecule has 1 aromatic carbocycles. The van der Waals surface area contributed by atoms with Gasteiger partial charge < -0.3 is 4.74 Å². The summed E-state index contributed by atoms with van der Waals surface area (Å²) >= 11 is 0. The number of anilines is 1. The molecule has 0 aliphatic heterocycles. The second-order valence-electron chi connectivity index (χ2n) is 7.17. The summed E-state index contributed by atoms with van der Waals surface area (Å²) in [6.45, 7) is 1.75. The average molecular weight is 410 g/mol. The third kappa shape index (κ3) is 4.37. The van der Waals surface area contributed by atoms with Crippen LogP contribution in [0.2, 0.25) is 0 Å². The summed E-state index contributed by atoms with van der Waals surface area (Å²) in [5.74, 6) is 0.942. The first-order chi connectivity index (χ1) is 14.0. The van der Waals surface area contributed by atoms with Crippen LogP contribution in [0, 0.1) is 12.8 Å². The van der Waals surface area contributed by atoms with Gasteiger partial charge in [-0.1, -0.05) is 24.3 Å². The first kappa shape index (κ1) is 19.3. The number of sulfonamides is 1. The van der Waals surface area contributed by atoms with Crippen LogP contribution in [0.4, 0.5) is 5.82 Å². The number of pyridine rings is 1. The minimum Gasteiger partial charge on any atom is -0.478 e. The van der Waals surface area contributed by atoms with Crippen molar-refractivity contribution in [3.8, 4) is 17.1 Å². The summed E-state index contributed by atoms with van der Waals surface area (Å²) in [6, 6.07) is 11.0. The number of nitrogens with zero attached hydrogens (tertiary/aromatic N) is 3. The maximum Gasteiger partial charge on any atom is 0.265 e. The fourth-order valence-corrected chi connectivity index (χ4v) is 4.32. The zero-order valence-corrected chi connectivity index (χ0v) is 17.1. The van der Waals surface area contributed by atoms with Crippen molar-refractivity contribution in [2.24, 2.45) is 5.92 Å². The zero-order valence-electron chi connectivity index (χ0n) is 16.3. The molecule has 2 heterocycles. The van der Waals surface area contributed by atoms with Crippen LogP contribution in [-0.2, 0) is 16.4 Å². The summed E-state index contributed by atoms with van der Waals surface area (Å²) in [6.07, 6.45) is 6.71. The molecular weight excluding hydrogens is 388 g/mol. The maximum atomic E-state index is 13.1. The summed E-state index contributed by atoms with van der Waals surface area (Å²) in [7, 11) is -2.54. The van der Waals surface area contributed by atoms with E-state index < -0.39 is 10.0 Å². The number of nitrogens with one attached hydrogen (secondary N) is 1. The fraction of sp³-hybridized carbons (Fsp3) is 0.286. The van der Waals surface area contributed by atoms with Crippen molar-refractivity contribution in [3.63, 3.8) is 0 Å². The van der Waals surface area contributed by atoms with Gasteiger partial charge in [-0.05, 0) is 49.8 Å². The standard InChI is InChI=1S/C21H22N4O3S/c1-14-13-23-20(21(24-14)28-2)25-29(26,27)18-4-3-11-22-19(18)17-9-7-16(8-10-17)12-15-5-6-15/h3-4,7-11,13,15H,5-6,12H2,1-2H3,(H,23,25). The lowest BCUT2D eigenvalue weighted by Gasteiger charge is -2.13. The van der Waals surface area contributed by atoms with Gasteiger partial charge in [0.1, 0.15) is 4.90 Å². The molecule has 150 valence electrons. The minimum atomic E-state index is -3.95. The lowest BCUT2D eigenvalue weighted by atomic mass is 10.0. The van der Waals surface area contributed by atoms with Gasteiger partial charge in [0, 0.05) is 11.8 Å². The van der Waals surface area contributed by atoms with Crippen LogP contribution in [-0.4, -0.2) is 30.5 Å². The van der Waals surface area contributed by atoms with E-state index in [2.05, 4.69) is 19.7 Å². The normalized spacial score (nSPS) is 13.9. The number of hydrogen-bond acceptors (Lipinski definition) is 6. The second kappa shape index (κ2) is 7.79. The van der Waals surface area contributed by atoms with Crippen LogP contribution in [0.5, 0.6) is 5.88 Å². The average Bonchev–Trinajstić information content (AvgIpc) is 3.54. The van der Waals surface area contributed by atoms with Gasteiger partial charge >= 0.3 is 0 Å². The van der Waals surface area contributed by atoms with Gasteiger partial charge in [-0.15, -0.1) is 0 Å². The highest BCUT2D eigenvalue weighted by atomic mass is 32.2. The van der Waals surface area contributed by atoms with E-state index in [0.717, 1.165) is 17.9 Å². The second-order valence-corrected chi connectivity index (χ2v) is 8.82. The Kier molecular flexibility index (Phi) is 5.19. The molecule has 3 aromatic rings. The minimum absolute atomic E-state index is 0.0349. The van der Waals surface area contributed by atoms with E-state index in [4.69, 9.17) is 4.74 Å². The van der Waals surface area contributed by atoms with E-state index in [9.17, 15) is 8.42 Å². The quantitative estimate of drug-likeness (QED) is 0.639. The Morgan fingerprint density at radius 3 is 2.59 bits per heavy atom. The van der Waals surface area contributed by atoms with E-state index in [1.54, 1.807) is 19.2 Å². The Morgan fingerprint density at radius 1 is 1.14 bits per heavy atom. The molecular formula is C21H22N4O3S. The molecule has 1 aliphatic rings. The smallest absolute Gasteiger partial charge is 0.265 e. The topological polar surface area (TPSA) is 94.1 Å². The van der Waals surface area contributed by atoms with Crippen molar-refractivity contribution in [1.29, 1.82) is 0 Å². The first-order valence-corrected chi connectivity index (χ1v) is 10.9. The number of benzene rings is 1. The van der Waals surface area contributed by atoms with Crippen molar-refractivity contribution in [2.75, 3.05) is 11.8 Å². The Balaban J connectivity index is 1.66. The van der Waals surface area contributed by atoms with Gasteiger partial charge in [0.05, 0.1) is 24.7 Å². The monoisotopic (exact) mass is 410 g/mol. The summed E-state index contributed by atoms with van der Waals surface area (Å²) in [5, 5.41) is 0. The highest BCUT2D eigenvalue weighted by molar-refractivity contribution is 7.92. The van der Waals surface area contributed by atoms with Gasteiger partial charge in [0.25, 0.3) is 15.9 Å².